The van der Waals surface area contributed by atoms with E-state index >= 15 is 0 Å². The summed E-state index contributed by atoms with van der Waals surface area (Å²) < 4.78 is 0. The van der Waals surface area contributed by atoms with Gasteiger partial charge in [0.2, 0.25) is 5.91 Å². The van der Waals surface area contributed by atoms with E-state index in [0.717, 1.165) is 38.2 Å². The fraction of sp³-hybridized carbons (Fsp3) is 0.350. The lowest BCUT2D eigenvalue weighted by molar-refractivity contribution is -0.133. The first-order chi connectivity index (χ1) is 11.3. The van der Waals surface area contributed by atoms with Crippen LogP contribution in [0.3, 0.4) is 0 Å². The monoisotopic (exact) mass is 308 g/mol. The average Bonchev–Trinajstić information content (AvgIpc) is 2.64. The van der Waals surface area contributed by atoms with Gasteiger partial charge in [-0.2, -0.15) is 0 Å². The Hall–Kier alpha value is -2.29. The number of para-hydroxylation sites is 1. The van der Waals surface area contributed by atoms with Crippen molar-refractivity contribution in [1.82, 2.24) is 4.90 Å². The zero-order chi connectivity index (χ0) is 16.1. The van der Waals surface area contributed by atoms with Crippen LogP contribution in [0.5, 0.6) is 0 Å². The van der Waals surface area contributed by atoms with E-state index in [1.165, 1.54) is 5.69 Å². The van der Waals surface area contributed by atoms with Gasteiger partial charge < -0.3 is 9.80 Å². The van der Waals surface area contributed by atoms with Gasteiger partial charge >= 0.3 is 0 Å². The molecule has 0 bridgehead atoms. The maximum absolute atomic E-state index is 12.9. The van der Waals surface area contributed by atoms with Gasteiger partial charge in [0.15, 0.2) is 0 Å². The van der Waals surface area contributed by atoms with Crippen LogP contribution in [0.25, 0.3) is 0 Å². The fourth-order valence-electron chi connectivity index (χ4n) is 3.28. The fourth-order valence-corrected chi connectivity index (χ4v) is 3.28. The zero-order valence-electron chi connectivity index (χ0n) is 13.7. The molecule has 0 aliphatic carbocycles. The molecule has 1 aliphatic heterocycles. The molecular formula is C20H24N2O. The predicted molar refractivity (Wildman–Crippen MR) is 94.7 cm³/mol. The Morgan fingerprint density at radius 1 is 0.913 bits per heavy atom. The van der Waals surface area contributed by atoms with E-state index in [2.05, 4.69) is 48.2 Å². The molecule has 2 aromatic rings. The number of nitrogens with zero attached hydrogens (tertiary/aromatic N) is 2. The Labute approximate surface area is 138 Å². The molecular weight excluding hydrogens is 284 g/mol. The number of benzene rings is 2. The second-order valence-electron chi connectivity index (χ2n) is 6.02. The molecule has 3 nitrogen and oxygen atoms in total. The lowest BCUT2D eigenvalue weighted by atomic mass is 9.95. The molecule has 23 heavy (non-hydrogen) atoms. The molecule has 0 unspecified atom stereocenters. The summed E-state index contributed by atoms with van der Waals surface area (Å²) in [6.07, 6.45) is 0.849. The third-order valence-corrected chi connectivity index (χ3v) is 4.62. The van der Waals surface area contributed by atoms with Crippen molar-refractivity contribution in [3.8, 4) is 0 Å². The largest absolute Gasteiger partial charge is 0.368 e. The molecule has 120 valence electrons. The standard InChI is InChI=1S/C20H24N2O/c1-2-19(17-9-5-3-6-10-17)20(23)22-15-13-21(14-16-22)18-11-7-4-8-12-18/h3-12,19H,2,13-16H2,1H3/t19-/m1/s1. The molecule has 1 heterocycles. The Bertz CT molecular complexity index is 619. The third kappa shape index (κ3) is 3.55. The van der Waals surface area contributed by atoms with Crippen LogP contribution in [0.2, 0.25) is 0 Å². The number of anilines is 1. The van der Waals surface area contributed by atoms with Crippen LogP contribution < -0.4 is 4.90 Å². The smallest absolute Gasteiger partial charge is 0.230 e. The third-order valence-electron chi connectivity index (χ3n) is 4.62. The maximum Gasteiger partial charge on any atom is 0.230 e. The number of hydrogen-bond donors (Lipinski definition) is 0. The van der Waals surface area contributed by atoms with E-state index in [1.807, 2.05) is 29.2 Å². The van der Waals surface area contributed by atoms with Crippen LogP contribution in [-0.4, -0.2) is 37.0 Å². The Morgan fingerprint density at radius 3 is 2.04 bits per heavy atom. The van der Waals surface area contributed by atoms with Crippen molar-refractivity contribution < 1.29 is 4.79 Å². The van der Waals surface area contributed by atoms with Crippen molar-refractivity contribution in [3.63, 3.8) is 0 Å². The minimum Gasteiger partial charge on any atom is -0.368 e. The van der Waals surface area contributed by atoms with Gasteiger partial charge in [0.1, 0.15) is 0 Å². The Morgan fingerprint density at radius 2 is 1.48 bits per heavy atom. The average molecular weight is 308 g/mol. The van der Waals surface area contributed by atoms with Crippen LogP contribution in [0.1, 0.15) is 24.8 Å². The second-order valence-corrected chi connectivity index (χ2v) is 6.02. The molecule has 0 N–H and O–H groups in total. The van der Waals surface area contributed by atoms with Crippen molar-refractivity contribution in [2.45, 2.75) is 19.3 Å². The van der Waals surface area contributed by atoms with Crippen LogP contribution in [-0.2, 0) is 4.79 Å². The van der Waals surface area contributed by atoms with Gasteiger partial charge in [0.05, 0.1) is 5.92 Å². The highest BCUT2D eigenvalue weighted by Crippen LogP contribution is 2.23. The lowest BCUT2D eigenvalue weighted by Crippen LogP contribution is -2.50. The molecule has 1 amide bonds. The first-order valence-electron chi connectivity index (χ1n) is 8.43. The topological polar surface area (TPSA) is 23.6 Å². The molecule has 3 heteroatoms. The molecule has 0 aromatic heterocycles. The van der Waals surface area contributed by atoms with Crippen molar-refractivity contribution in [1.29, 1.82) is 0 Å². The second kappa shape index (κ2) is 7.32. The van der Waals surface area contributed by atoms with Gasteiger partial charge in [-0.05, 0) is 24.1 Å². The van der Waals surface area contributed by atoms with Crippen LogP contribution in [0.15, 0.2) is 60.7 Å². The predicted octanol–water partition coefficient (Wildman–Crippen LogP) is 3.53. The summed E-state index contributed by atoms with van der Waals surface area (Å²) in [7, 11) is 0. The minimum absolute atomic E-state index is 0.0144. The van der Waals surface area contributed by atoms with Gasteiger partial charge in [-0.25, -0.2) is 0 Å². The molecule has 0 radical (unpaired) electrons. The van der Waals surface area contributed by atoms with E-state index in [4.69, 9.17) is 0 Å². The number of rotatable bonds is 4. The van der Waals surface area contributed by atoms with E-state index in [1.54, 1.807) is 0 Å². The number of amides is 1. The number of hydrogen-bond acceptors (Lipinski definition) is 2. The molecule has 1 saturated heterocycles. The SMILES string of the molecule is CC[C@@H](C(=O)N1CCN(c2ccccc2)CC1)c1ccccc1. The quantitative estimate of drug-likeness (QED) is 0.862. The van der Waals surface area contributed by atoms with Gasteiger partial charge in [-0.1, -0.05) is 55.5 Å². The summed E-state index contributed by atoms with van der Waals surface area (Å²) in [6, 6.07) is 20.6. The zero-order valence-corrected chi connectivity index (χ0v) is 13.7. The van der Waals surface area contributed by atoms with Gasteiger partial charge in [-0.3, -0.25) is 4.79 Å². The Balaban J connectivity index is 1.64. The molecule has 3 rings (SSSR count). The number of piperazine rings is 1. The van der Waals surface area contributed by atoms with Crippen molar-refractivity contribution in [2.75, 3.05) is 31.1 Å². The highest BCUT2D eigenvalue weighted by molar-refractivity contribution is 5.84. The van der Waals surface area contributed by atoms with Crippen LogP contribution in [0, 0.1) is 0 Å². The highest BCUT2D eigenvalue weighted by atomic mass is 16.2. The number of carbonyl (C=O) groups is 1. The number of carbonyl (C=O) groups excluding carboxylic acids is 1. The summed E-state index contributed by atoms with van der Waals surface area (Å²) in [5, 5.41) is 0. The van der Waals surface area contributed by atoms with Crippen molar-refractivity contribution in [2.24, 2.45) is 0 Å². The summed E-state index contributed by atoms with van der Waals surface area (Å²) in [5.41, 5.74) is 2.38. The van der Waals surface area contributed by atoms with E-state index in [0.29, 0.717) is 0 Å². The van der Waals surface area contributed by atoms with E-state index in [9.17, 15) is 4.79 Å². The van der Waals surface area contributed by atoms with Crippen molar-refractivity contribution in [3.05, 3.63) is 66.2 Å². The molecule has 0 spiro atoms. The lowest BCUT2D eigenvalue weighted by Gasteiger charge is -2.37. The molecule has 1 aliphatic rings. The normalized spacial score (nSPS) is 16.2. The van der Waals surface area contributed by atoms with Crippen LogP contribution >= 0.6 is 0 Å². The summed E-state index contributed by atoms with van der Waals surface area (Å²) in [6.45, 7) is 5.51. The highest BCUT2D eigenvalue weighted by Gasteiger charge is 2.27. The van der Waals surface area contributed by atoms with Crippen LogP contribution in [0.4, 0.5) is 5.69 Å². The summed E-state index contributed by atoms with van der Waals surface area (Å²) in [5.74, 6) is 0.255. The van der Waals surface area contributed by atoms with Crippen molar-refractivity contribution >= 4 is 11.6 Å². The van der Waals surface area contributed by atoms with E-state index < -0.39 is 0 Å². The minimum atomic E-state index is -0.0144. The Kier molecular flexibility index (Phi) is 4.96. The van der Waals surface area contributed by atoms with E-state index in [-0.39, 0.29) is 11.8 Å². The first kappa shape index (κ1) is 15.6. The molecule has 1 atom stereocenters. The molecule has 1 fully saturated rings. The van der Waals surface area contributed by atoms with Gasteiger partial charge in [-0.15, -0.1) is 0 Å². The summed E-state index contributed by atoms with van der Waals surface area (Å²) >= 11 is 0. The maximum atomic E-state index is 12.9. The first-order valence-corrected chi connectivity index (χ1v) is 8.43. The van der Waals surface area contributed by atoms with Gasteiger partial charge in [0.25, 0.3) is 0 Å². The van der Waals surface area contributed by atoms with Gasteiger partial charge in [0, 0.05) is 31.9 Å². The molecule has 0 saturated carbocycles. The molecule has 2 aromatic carbocycles. The summed E-state index contributed by atoms with van der Waals surface area (Å²) in [4.78, 5) is 17.3.